The molecule has 0 atom stereocenters. The van der Waals surface area contributed by atoms with Gasteiger partial charge in [-0.3, -0.25) is 9.78 Å². The molecule has 3 aromatic rings. The Balaban J connectivity index is 2.03. The fourth-order valence-electron chi connectivity index (χ4n) is 2.54. The molecule has 0 aliphatic carbocycles. The number of carbonyl (C=O) groups excluding carboxylic acids is 1. The van der Waals surface area contributed by atoms with Crippen molar-refractivity contribution in [3.05, 3.63) is 54.5 Å². The van der Waals surface area contributed by atoms with Crippen LogP contribution in [-0.2, 0) is 16.6 Å². The first kappa shape index (κ1) is 16.2. The van der Waals surface area contributed by atoms with Gasteiger partial charge in [-0.25, -0.2) is 13.6 Å². The smallest absolute Gasteiger partial charge is 0.255 e. The molecule has 7 nitrogen and oxygen atoms in total. The number of aryl methyl sites for hydroxylation is 1. The van der Waals surface area contributed by atoms with Crippen molar-refractivity contribution in [1.82, 2.24) is 9.55 Å². The lowest BCUT2D eigenvalue weighted by atomic mass is 10.2. The second kappa shape index (κ2) is 6.06. The lowest BCUT2D eigenvalue weighted by Crippen LogP contribution is -2.12. The highest BCUT2D eigenvalue weighted by atomic mass is 32.2. The number of nitrogens with one attached hydrogen (secondary N) is 1. The van der Waals surface area contributed by atoms with Crippen LogP contribution in [0.1, 0.15) is 17.3 Å². The van der Waals surface area contributed by atoms with Gasteiger partial charge in [0, 0.05) is 47.3 Å². The molecule has 24 heavy (non-hydrogen) atoms. The number of aromatic nitrogens is 2. The lowest BCUT2D eigenvalue weighted by molar-refractivity contribution is 0.102. The van der Waals surface area contributed by atoms with E-state index in [9.17, 15) is 13.2 Å². The van der Waals surface area contributed by atoms with Gasteiger partial charge in [-0.2, -0.15) is 0 Å². The monoisotopic (exact) mass is 344 g/mol. The zero-order valence-electron chi connectivity index (χ0n) is 12.9. The number of nitrogens with zero attached hydrogens (tertiary/aromatic N) is 2. The number of hydrogen-bond donors (Lipinski definition) is 2. The minimum Gasteiger partial charge on any atom is -0.346 e. The number of benzene rings is 1. The topological polar surface area (TPSA) is 107 Å². The molecule has 0 saturated carbocycles. The predicted octanol–water partition coefficient (Wildman–Crippen LogP) is 1.96. The third-order valence-corrected chi connectivity index (χ3v) is 4.63. The van der Waals surface area contributed by atoms with Gasteiger partial charge in [0.1, 0.15) is 4.90 Å². The molecule has 0 unspecified atom stereocenters. The highest BCUT2D eigenvalue weighted by Crippen LogP contribution is 2.27. The Bertz CT molecular complexity index is 1010. The van der Waals surface area contributed by atoms with Crippen molar-refractivity contribution in [1.29, 1.82) is 0 Å². The number of hydrogen-bond acceptors (Lipinski definition) is 4. The number of nitrogens with two attached hydrogens (primary N) is 1. The van der Waals surface area contributed by atoms with Gasteiger partial charge in [0.25, 0.3) is 5.91 Å². The number of anilines is 1. The summed E-state index contributed by atoms with van der Waals surface area (Å²) >= 11 is 0. The molecule has 8 heteroatoms. The van der Waals surface area contributed by atoms with Crippen LogP contribution in [-0.4, -0.2) is 23.9 Å². The Morgan fingerprint density at radius 2 is 1.96 bits per heavy atom. The molecule has 1 amide bonds. The van der Waals surface area contributed by atoms with Crippen molar-refractivity contribution in [3.63, 3.8) is 0 Å². The van der Waals surface area contributed by atoms with Crippen molar-refractivity contribution in [2.24, 2.45) is 5.14 Å². The van der Waals surface area contributed by atoms with Crippen LogP contribution in [0.4, 0.5) is 5.69 Å². The van der Waals surface area contributed by atoms with Crippen LogP contribution < -0.4 is 10.5 Å². The van der Waals surface area contributed by atoms with Gasteiger partial charge in [-0.15, -0.1) is 0 Å². The Morgan fingerprint density at radius 3 is 2.58 bits per heavy atom. The molecule has 124 valence electrons. The third kappa shape index (κ3) is 3.01. The number of primary sulfonamides is 1. The summed E-state index contributed by atoms with van der Waals surface area (Å²) in [5.74, 6) is -0.302. The zero-order valence-corrected chi connectivity index (χ0v) is 13.7. The van der Waals surface area contributed by atoms with E-state index in [-0.39, 0.29) is 10.8 Å². The van der Waals surface area contributed by atoms with E-state index in [2.05, 4.69) is 10.3 Å². The summed E-state index contributed by atoms with van der Waals surface area (Å²) in [6.45, 7) is 2.51. The molecule has 0 radical (unpaired) electrons. The summed E-state index contributed by atoms with van der Waals surface area (Å²) in [6.07, 6.45) is 4.56. The van der Waals surface area contributed by atoms with Crippen LogP contribution in [0.25, 0.3) is 10.9 Å². The van der Waals surface area contributed by atoms with Crippen molar-refractivity contribution in [2.75, 3.05) is 5.32 Å². The SMILES string of the molecule is CCn1cc(S(N)(=O)=O)c2cc(NC(=O)c3ccncc3)ccc21. The van der Waals surface area contributed by atoms with Gasteiger partial charge in [0.05, 0.1) is 0 Å². The highest BCUT2D eigenvalue weighted by Gasteiger charge is 2.17. The summed E-state index contributed by atoms with van der Waals surface area (Å²) in [4.78, 5) is 16.1. The minimum atomic E-state index is -3.86. The van der Waals surface area contributed by atoms with Gasteiger partial charge in [-0.1, -0.05) is 0 Å². The molecule has 3 N–H and O–H groups in total. The van der Waals surface area contributed by atoms with E-state index in [1.54, 1.807) is 34.9 Å². The van der Waals surface area contributed by atoms with Crippen LogP contribution in [0.15, 0.2) is 53.8 Å². The molecule has 0 aliphatic rings. The first-order valence-corrected chi connectivity index (χ1v) is 8.82. The van der Waals surface area contributed by atoms with E-state index >= 15 is 0 Å². The first-order valence-electron chi connectivity index (χ1n) is 7.27. The number of carbonyl (C=O) groups is 1. The van der Waals surface area contributed by atoms with Gasteiger partial charge in [0.2, 0.25) is 10.0 Å². The second-order valence-corrected chi connectivity index (χ2v) is 6.78. The second-order valence-electron chi connectivity index (χ2n) is 5.25. The van der Waals surface area contributed by atoms with Gasteiger partial charge in [-0.05, 0) is 37.3 Å². The fraction of sp³-hybridized carbons (Fsp3) is 0.125. The Labute approximate surface area is 139 Å². The van der Waals surface area contributed by atoms with Gasteiger partial charge >= 0.3 is 0 Å². The average Bonchev–Trinajstić information content (AvgIpc) is 2.94. The maximum absolute atomic E-state index is 12.2. The highest BCUT2D eigenvalue weighted by molar-refractivity contribution is 7.89. The maximum atomic E-state index is 12.2. The zero-order chi connectivity index (χ0) is 17.3. The van der Waals surface area contributed by atoms with Crippen molar-refractivity contribution in [3.8, 4) is 0 Å². The molecule has 2 aromatic heterocycles. The van der Waals surface area contributed by atoms with Crippen molar-refractivity contribution < 1.29 is 13.2 Å². The summed E-state index contributed by atoms with van der Waals surface area (Å²) < 4.78 is 25.4. The average molecular weight is 344 g/mol. The summed E-state index contributed by atoms with van der Waals surface area (Å²) in [5.41, 5.74) is 1.69. The minimum absolute atomic E-state index is 0.0411. The Hall–Kier alpha value is -2.71. The molecule has 1 aromatic carbocycles. The number of rotatable bonds is 4. The van der Waals surface area contributed by atoms with Crippen LogP contribution in [0.2, 0.25) is 0 Å². The van der Waals surface area contributed by atoms with E-state index in [0.717, 1.165) is 5.52 Å². The third-order valence-electron chi connectivity index (χ3n) is 3.69. The molecular weight excluding hydrogens is 328 g/mol. The quantitative estimate of drug-likeness (QED) is 0.754. The number of sulfonamides is 1. The van der Waals surface area contributed by atoms with Crippen LogP contribution >= 0.6 is 0 Å². The molecule has 0 spiro atoms. The summed E-state index contributed by atoms with van der Waals surface area (Å²) in [6, 6.07) is 8.28. The van der Waals surface area contributed by atoms with Gasteiger partial charge < -0.3 is 9.88 Å². The van der Waals surface area contributed by atoms with Crippen molar-refractivity contribution in [2.45, 2.75) is 18.4 Å². The normalized spacial score (nSPS) is 11.6. The maximum Gasteiger partial charge on any atom is 0.255 e. The predicted molar refractivity (Wildman–Crippen MR) is 91.2 cm³/mol. The fourth-order valence-corrected chi connectivity index (χ4v) is 3.28. The molecule has 0 bridgehead atoms. The molecule has 0 aliphatic heterocycles. The number of pyridine rings is 1. The van der Waals surface area contributed by atoms with E-state index in [1.807, 2.05) is 6.92 Å². The Kier molecular flexibility index (Phi) is 4.08. The van der Waals surface area contributed by atoms with Crippen LogP contribution in [0, 0.1) is 0 Å². The van der Waals surface area contributed by atoms with Crippen LogP contribution in [0.5, 0.6) is 0 Å². The summed E-state index contributed by atoms with van der Waals surface area (Å²) in [5, 5.41) is 8.52. The van der Waals surface area contributed by atoms with E-state index < -0.39 is 10.0 Å². The van der Waals surface area contributed by atoms with Crippen molar-refractivity contribution >= 4 is 32.5 Å². The standard InChI is InChI=1S/C16H16N4O3S/c1-2-20-10-15(24(17,22)23)13-9-12(3-4-14(13)20)19-16(21)11-5-7-18-8-6-11/h3-10H,2H2,1H3,(H,19,21)(H2,17,22,23). The van der Waals surface area contributed by atoms with Crippen LogP contribution in [0.3, 0.4) is 0 Å². The first-order chi connectivity index (χ1) is 11.4. The van der Waals surface area contributed by atoms with Gasteiger partial charge in [0.15, 0.2) is 0 Å². The molecule has 0 saturated heterocycles. The lowest BCUT2D eigenvalue weighted by Gasteiger charge is -2.06. The molecule has 3 rings (SSSR count). The Morgan fingerprint density at radius 1 is 1.25 bits per heavy atom. The molecule has 2 heterocycles. The number of fused-ring (bicyclic) bond motifs is 1. The largest absolute Gasteiger partial charge is 0.346 e. The summed E-state index contributed by atoms with van der Waals surface area (Å²) in [7, 11) is -3.86. The van der Waals surface area contributed by atoms with E-state index in [1.165, 1.54) is 18.6 Å². The molecular formula is C16H16N4O3S. The van der Waals surface area contributed by atoms with E-state index in [0.29, 0.717) is 23.2 Å². The van der Waals surface area contributed by atoms with E-state index in [4.69, 9.17) is 5.14 Å². The molecule has 0 fully saturated rings. The number of amides is 1.